The monoisotopic (exact) mass is 396 g/mol. The average molecular weight is 396 g/mol. The standard InChI is InChI=1S/C19H22F2N2O5/c20-19(21)28-15-8-2-1-6-13(15)16(24)23-10-4-7-14(23)17(25)22-9-3-5-12(11-22)18(26)27/h1-2,6,8,12,14,19H,3-5,7,9-11H2,(H,26,27). The summed E-state index contributed by atoms with van der Waals surface area (Å²) in [6.07, 6.45) is 2.17. The number of carboxylic acid groups (broad SMARTS) is 1. The Morgan fingerprint density at radius 3 is 2.54 bits per heavy atom. The first-order valence-electron chi connectivity index (χ1n) is 9.25. The van der Waals surface area contributed by atoms with Crippen LogP contribution in [0.3, 0.4) is 0 Å². The van der Waals surface area contributed by atoms with Crippen molar-refractivity contribution in [2.24, 2.45) is 5.92 Å². The third-order valence-electron chi connectivity index (χ3n) is 5.21. The zero-order valence-electron chi connectivity index (χ0n) is 15.2. The summed E-state index contributed by atoms with van der Waals surface area (Å²) in [6, 6.07) is 4.98. The molecule has 9 heteroatoms. The van der Waals surface area contributed by atoms with Crippen molar-refractivity contribution in [3.8, 4) is 5.75 Å². The van der Waals surface area contributed by atoms with E-state index in [-0.39, 0.29) is 23.8 Å². The first kappa shape index (κ1) is 20.0. The van der Waals surface area contributed by atoms with Crippen LogP contribution in [0.4, 0.5) is 8.78 Å². The van der Waals surface area contributed by atoms with Gasteiger partial charge in [-0.1, -0.05) is 12.1 Å². The van der Waals surface area contributed by atoms with Gasteiger partial charge in [-0.05, 0) is 37.8 Å². The van der Waals surface area contributed by atoms with Crippen molar-refractivity contribution in [2.75, 3.05) is 19.6 Å². The fraction of sp³-hybridized carbons (Fsp3) is 0.526. The van der Waals surface area contributed by atoms with Crippen LogP contribution in [0.25, 0.3) is 0 Å². The summed E-state index contributed by atoms with van der Waals surface area (Å²) < 4.78 is 29.7. The van der Waals surface area contributed by atoms with Crippen LogP contribution in [0.5, 0.6) is 5.75 Å². The van der Waals surface area contributed by atoms with E-state index in [0.717, 1.165) is 0 Å². The van der Waals surface area contributed by atoms with Gasteiger partial charge in [0.15, 0.2) is 0 Å². The highest BCUT2D eigenvalue weighted by atomic mass is 19.3. The summed E-state index contributed by atoms with van der Waals surface area (Å²) in [5.74, 6) is -2.61. The van der Waals surface area contributed by atoms with Crippen LogP contribution < -0.4 is 4.74 Å². The molecular formula is C19H22F2N2O5. The number of nitrogens with zero attached hydrogens (tertiary/aromatic N) is 2. The van der Waals surface area contributed by atoms with Gasteiger partial charge in [0.05, 0.1) is 11.5 Å². The number of halogens is 2. The van der Waals surface area contributed by atoms with Crippen LogP contribution >= 0.6 is 0 Å². The second-order valence-corrected chi connectivity index (χ2v) is 6.99. The van der Waals surface area contributed by atoms with Gasteiger partial charge in [0, 0.05) is 19.6 Å². The third-order valence-corrected chi connectivity index (χ3v) is 5.21. The molecule has 1 aromatic carbocycles. The summed E-state index contributed by atoms with van der Waals surface area (Å²) in [7, 11) is 0. The van der Waals surface area contributed by atoms with Gasteiger partial charge in [-0.15, -0.1) is 0 Å². The lowest BCUT2D eigenvalue weighted by Gasteiger charge is -2.35. The molecule has 28 heavy (non-hydrogen) atoms. The van der Waals surface area contributed by atoms with Gasteiger partial charge in [-0.25, -0.2) is 0 Å². The van der Waals surface area contributed by atoms with Crippen LogP contribution in [0.15, 0.2) is 24.3 Å². The second kappa shape index (κ2) is 8.53. The van der Waals surface area contributed by atoms with E-state index in [0.29, 0.717) is 38.8 Å². The van der Waals surface area contributed by atoms with Crippen LogP contribution in [-0.2, 0) is 9.59 Å². The zero-order valence-corrected chi connectivity index (χ0v) is 15.2. The Hall–Kier alpha value is -2.71. The van der Waals surface area contributed by atoms with Gasteiger partial charge in [-0.3, -0.25) is 14.4 Å². The Labute approximate surface area is 160 Å². The molecule has 0 bridgehead atoms. The minimum atomic E-state index is -3.06. The zero-order chi connectivity index (χ0) is 20.3. The van der Waals surface area contributed by atoms with E-state index in [1.165, 1.54) is 28.0 Å². The number of hydrogen-bond acceptors (Lipinski definition) is 4. The number of para-hydroxylation sites is 1. The van der Waals surface area contributed by atoms with Gasteiger partial charge >= 0.3 is 12.6 Å². The predicted octanol–water partition coefficient (Wildman–Crippen LogP) is 2.22. The highest BCUT2D eigenvalue weighted by molar-refractivity contribution is 6.00. The first-order chi connectivity index (χ1) is 13.4. The predicted molar refractivity (Wildman–Crippen MR) is 94.1 cm³/mol. The number of hydrogen-bond donors (Lipinski definition) is 1. The Morgan fingerprint density at radius 2 is 1.82 bits per heavy atom. The fourth-order valence-corrected chi connectivity index (χ4v) is 3.85. The summed E-state index contributed by atoms with van der Waals surface area (Å²) in [6.45, 7) is -2.16. The molecule has 2 saturated heterocycles. The SMILES string of the molecule is O=C(O)C1CCCN(C(=O)C2CCCN2C(=O)c2ccccc2OC(F)F)C1. The average Bonchev–Trinajstić information content (AvgIpc) is 3.16. The minimum Gasteiger partial charge on any atom is -0.481 e. The van der Waals surface area contributed by atoms with Crippen molar-refractivity contribution < 1.29 is 33.0 Å². The molecule has 1 N–H and O–H groups in total. The van der Waals surface area contributed by atoms with E-state index in [9.17, 15) is 28.3 Å². The number of piperidine rings is 1. The van der Waals surface area contributed by atoms with Crippen LogP contribution in [0, 0.1) is 5.92 Å². The minimum absolute atomic E-state index is 0.0236. The summed E-state index contributed by atoms with van der Waals surface area (Å²) in [4.78, 5) is 40.0. The molecule has 7 nitrogen and oxygen atoms in total. The second-order valence-electron chi connectivity index (χ2n) is 6.99. The molecule has 2 aliphatic heterocycles. The largest absolute Gasteiger partial charge is 0.481 e. The number of carbonyl (C=O) groups is 3. The Kier molecular flexibility index (Phi) is 6.11. The van der Waals surface area contributed by atoms with E-state index < -0.39 is 30.4 Å². The molecule has 1 aromatic rings. The Morgan fingerprint density at radius 1 is 1.11 bits per heavy atom. The normalized spacial score (nSPS) is 22.4. The van der Waals surface area contributed by atoms with Crippen molar-refractivity contribution in [2.45, 2.75) is 38.3 Å². The van der Waals surface area contributed by atoms with Crippen molar-refractivity contribution in [1.29, 1.82) is 0 Å². The number of alkyl halides is 2. The van der Waals surface area contributed by atoms with E-state index in [4.69, 9.17) is 0 Å². The van der Waals surface area contributed by atoms with Crippen LogP contribution in [0.2, 0.25) is 0 Å². The number of rotatable bonds is 5. The molecule has 2 unspecified atom stereocenters. The molecule has 0 saturated carbocycles. The molecule has 2 amide bonds. The molecule has 0 radical (unpaired) electrons. The molecule has 3 rings (SSSR count). The number of carboxylic acids is 1. The molecule has 0 aromatic heterocycles. The van der Waals surface area contributed by atoms with Gasteiger partial charge < -0.3 is 19.6 Å². The number of benzene rings is 1. The van der Waals surface area contributed by atoms with Gasteiger partial charge in [0.25, 0.3) is 5.91 Å². The van der Waals surface area contributed by atoms with Crippen molar-refractivity contribution in [3.63, 3.8) is 0 Å². The number of ether oxygens (including phenoxy) is 1. The number of amides is 2. The molecule has 0 aliphatic carbocycles. The highest BCUT2D eigenvalue weighted by Crippen LogP contribution is 2.28. The van der Waals surface area contributed by atoms with Crippen molar-refractivity contribution in [3.05, 3.63) is 29.8 Å². The molecule has 2 atom stereocenters. The molecular weight excluding hydrogens is 374 g/mol. The third kappa shape index (κ3) is 4.23. The quantitative estimate of drug-likeness (QED) is 0.825. The maximum atomic E-state index is 13.0. The Balaban J connectivity index is 1.77. The van der Waals surface area contributed by atoms with Gasteiger partial charge in [0.1, 0.15) is 11.8 Å². The topological polar surface area (TPSA) is 87.2 Å². The van der Waals surface area contributed by atoms with Crippen LogP contribution in [-0.4, -0.2) is 65.0 Å². The van der Waals surface area contributed by atoms with Gasteiger partial charge in [-0.2, -0.15) is 8.78 Å². The maximum absolute atomic E-state index is 13.0. The Bertz CT molecular complexity index is 758. The van der Waals surface area contributed by atoms with E-state index in [1.54, 1.807) is 6.07 Å². The molecule has 152 valence electrons. The molecule has 0 spiro atoms. The maximum Gasteiger partial charge on any atom is 0.387 e. The van der Waals surface area contributed by atoms with E-state index in [2.05, 4.69) is 4.74 Å². The smallest absolute Gasteiger partial charge is 0.387 e. The number of likely N-dealkylation sites (tertiary alicyclic amines) is 2. The van der Waals surface area contributed by atoms with Crippen molar-refractivity contribution >= 4 is 17.8 Å². The van der Waals surface area contributed by atoms with Crippen molar-refractivity contribution in [1.82, 2.24) is 9.80 Å². The summed E-state index contributed by atoms with van der Waals surface area (Å²) in [5.41, 5.74) is -0.0236. The van der Waals surface area contributed by atoms with E-state index in [1.807, 2.05) is 0 Å². The fourth-order valence-electron chi connectivity index (χ4n) is 3.85. The van der Waals surface area contributed by atoms with Crippen LogP contribution in [0.1, 0.15) is 36.0 Å². The lowest BCUT2D eigenvalue weighted by atomic mass is 9.97. The molecule has 2 fully saturated rings. The number of aliphatic carboxylic acids is 1. The lowest BCUT2D eigenvalue weighted by Crippen LogP contribution is -2.51. The molecule has 2 aliphatic rings. The highest BCUT2D eigenvalue weighted by Gasteiger charge is 2.39. The van der Waals surface area contributed by atoms with E-state index >= 15 is 0 Å². The van der Waals surface area contributed by atoms with Gasteiger partial charge in [0.2, 0.25) is 5.91 Å². The molecule has 2 heterocycles. The number of carbonyl (C=O) groups excluding carboxylic acids is 2. The summed E-state index contributed by atoms with van der Waals surface area (Å²) in [5, 5.41) is 9.22. The summed E-state index contributed by atoms with van der Waals surface area (Å²) >= 11 is 0. The first-order valence-corrected chi connectivity index (χ1v) is 9.25. The lowest BCUT2D eigenvalue weighted by molar-refractivity contribution is -0.146.